The first-order valence-electron chi connectivity index (χ1n) is 18.1. The van der Waals surface area contributed by atoms with Gasteiger partial charge >= 0.3 is 0 Å². The molecule has 0 saturated heterocycles. The van der Waals surface area contributed by atoms with Crippen molar-refractivity contribution in [3.8, 4) is 28.3 Å². The molecule has 4 nitrogen and oxygen atoms in total. The second kappa shape index (κ2) is 12.4. The second-order valence-electron chi connectivity index (χ2n) is 14.0. The van der Waals surface area contributed by atoms with E-state index in [0.29, 0.717) is 5.56 Å². The van der Waals surface area contributed by atoms with Crippen LogP contribution in [0.25, 0.3) is 33.0 Å². The lowest BCUT2D eigenvalue weighted by Crippen LogP contribution is -2.18. The van der Waals surface area contributed by atoms with Gasteiger partial charge in [0.1, 0.15) is 0 Å². The number of aromatic nitrogens is 1. The zero-order valence-corrected chi connectivity index (χ0v) is 29.0. The minimum absolute atomic E-state index is 0.0353. The van der Waals surface area contributed by atoms with Crippen LogP contribution in [0.5, 0.6) is 0 Å². The highest BCUT2D eigenvalue weighted by molar-refractivity contribution is 6.10. The Bertz CT molecular complexity index is 2660. The fraction of sp³-hybridized carbons (Fsp3) is 0.0612. The van der Waals surface area contributed by atoms with Gasteiger partial charge in [0.05, 0.1) is 17.3 Å². The van der Waals surface area contributed by atoms with Gasteiger partial charge in [0, 0.05) is 51.6 Å². The van der Waals surface area contributed by atoms with Crippen LogP contribution < -0.4 is 9.80 Å². The number of benzene rings is 7. The molecular weight excluding hydrogens is 645 g/mol. The quantitative estimate of drug-likeness (QED) is 0.168. The Morgan fingerprint density at radius 3 is 1.85 bits per heavy atom. The summed E-state index contributed by atoms with van der Waals surface area (Å²) in [5, 5.41) is 12.1. The molecule has 1 spiro atoms. The summed E-state index contributed by atoms with van der Waals surface area (Å²) in [7, 11) is 0. The number of pyridine rings is 1. The van der Waals surface area contributed by atoms with E-state index in [9.17, 15) is 5.26 Å². The van der Waals surface area contributed by atoms with Crippen molar-refractivity contribution >= 4 is 44.9 Å². The number of hydrogen-bond donors (Lipinski definition) is 0. The summed E-state index contributed by atoms with van der Waals surface area (Å²) in [6.45, 7) is 0. The SMILES string of the molecule is N#Cc1ccc(N(c2ccccc2)c2ccc3c(c2)C2(CC2)c2ccc(N(c4ccccc4)c4ccc(-c5cccnc5)cc4)c4cccc-3c24)cc1. The average Bonchev–Trinajstić information content (AvgIpc) is 4.04. The molecule has 7 aromatic carbocycles. The minimum atomic E-state index is -0.0353. The zero-order chi connectivity index (χ0) is 35.4. The number of anilines is 6. The summed E-state index contributed by atoms with van der Waals surface area (Å²) < 4.78 is 0. The summed E-state index contributed by atoms with van der Waals surface area (Å²) in [5.74, 6) is 0. The Balaban J connectivity index is 1.13. The van der Waals surface area contributed by atoms with E-state index in [1.54, 1.807) is 0 Å². The molecule has 0 unspecified atom stereocenters. The first kappa shape index (κ1) is 30.8. The highest BCUT2D eigenvalue weighted by Crippen LogP contribution is 2.63. The van der Waals surface area contributed by atoms with E-state index in [1.807, 2.05) is 42.7 Å². The number of rotatable bonds is 7. The predicted octanol–water partition coefficient (Wildman–Crippen LogP) is 12.8. The number of hydrogen-bond acceptors (Lipinski definition) is 4. The van der Waals surface area contributed by atoms with Crippen molar-refractivity contribution in [1.82, 2.24) is 4.98 Å². The van der Waals surface area contributed by atoms with Gasteiger partial charge in [-0.05, 0) is 137 Å². The van der Waals surface area contributed by atoms with Crippen LogP contribution in [0.15, 0.2) is 182 Å². The lowest BCUT2D eigenvalue weighted by atomic mass is 9.74. The van der Waals surface area contributed by atoms with E-state index in [-0.39, 0.29) is 5.41 Å². The minimum Gasteiger partial charge on any atom is -0.310 e. The Labute approximate surface area is 309 Å². The number of para-hydroxylation sites is 2. The van der Waals surface area contributed by atoms with Crippen LogP contribution in [-0.4, -0.2) is 4.98 Å². The normalized spacial score (nSPS) is 13.3. The molecule has 0 radical (unpaired) electrons. The van der Waals surface area contributed by atoms with Crippen molar-refractivity contribution in [2.45, 2.75) is 18.3 Å². The Morgan fingerprint density at radius 2 is 1.17 bits per heavy atom. The van der Waals surface area contributed by atoms with Gasteiger partial charge in [-0.1, -0.05) is 84.9 Å². The predicted molar refractivity (Wildman–Crippen MR) is 217 cm³/mol. The fourth-order valence-electron chi connectivity index (χ4n) is 8.37. The molecule has 250 valence electrons. The Morgan fingerprint density at radius 1 is 0.509 bits per heavy atom. The molecule has 10 rings (SSSR count). The molecular formula is C49H34N4. The summed E-state index contributed by atoms with van der Waals surface area (Å²) >= 11 is 0. The van der Waals surface area contributed by atoms with Crippen molar-refractivity contribution in [2.24, 2.45) is 0 Å². The Hall–Kier alpha value is -6.96. The van der Waals surface area contributed by atoms with Gasteiger partial charge in [-0.3, -0.25) is 4.98 Å². The fourth-order valence-corrected chi connectivity index (χ4v) is 8.37. The first-order chi connectivity index (χ1) is 26.2. The van der Waals surface area contributed by atoms with Gasteiger partial charge in [-0.15, -0.1) is 0 Å². The summed E-state index contributed by atoms with van der Waals surface area (Å²) in [6, 6.07) is 62.8. The molecule has 0 bridgehead atoms. The van der Waals surface area contributed by atoms with Crippen molar-refractivity contribution in [3.05, 3.63) is 199 Å². The monoisotopic (exact) mass is 678 g/mol. The molecule has 4 heteroatoms. The molecule has 8 aromatic rings. The summed E-state index contributed by atoms with van der Waals surface area (Å²) in [6.07, 6.45) is 5.96. The summed E-state index contributed by atoms with van der Waals surface area (Å²) in [4.78, 5) is 9.03. The van der Waals surface area contributed by atoms with E-state index in [4.69, 9.17) is 0 Å². The molecule has 0 aliphatic heterocycles. The van der Waals surface area contributed by atoms with Crippen LogP contribution in [0.1, 0.15) is 29.5 Å². The molecule has 1 aromatic heterocycles. The molecule has 0 N–H and O–H groups in total. The number of fused-ring (bicyclic) bond motifs is 4. The van der Waals surface area contributed by atoms with Crippen LogP contribution in [0.3, 0.4) is 0 Å². The highest BCUT2D eigenvalue weighted by Gasteiger charge is 2.50. The molecule has 2 aliphatic rings. The van der Waals surface area contributed by atoms with Crippen LogP contribution in [0.4, 0.5) is 34.1 Å². The molecule has 0 atom stereocenters. The molecule has 0 amide bonds. The van der Waals surface area contributed by atoms with E-state index < -0.39 is 0 Å². The highest BCUT2D eigenvalue weighted by atomic mass is 15.1. The van der Waals surface area contributed by atoms with Gasteiger partial charge in [-0.25, -0.2) is 0 Å². The van der Waals surface area contributed by atoms with Crippen molar-refractivity contribution in [3.63, 3.8) is 0 Å². The van der Waals surface area contributed by atoms with Crippen LogP contribution in [-0.2, 0) is 5.41 Å². The third-order valence-corrected chi connectivity index (χ3v) is 11.0. The maximum atomic E-state index is 9.49. The largest absolute Gasteiger partial charge is 0.310 e. The maximum Gasteiger partial charge on any atom is 0.0991 e. The van der Waals surface area contributed by atoms with Crippen LogP contribution in [0.2, 0.25) is 0 Å². The van der Waals surface area contributed by atoms with Gasteiger partial charge in [0.25, 0.3) is 0 Å². The van der Waals surface area contributed by atoms with Gasteiger partial charge in [0.15, 0.2) is 0 Å². The topological polar surface area (TPSA) is 43.2 Å². The van der Waals surface area contributed by atoms with Gasteiger partial charge in [0.2, 0.25) is 0 Å². The van der Waals surface area contributed by atoms with Crippen LogP contribution in [0, 0.1) is 11.3 Å². The second-order valence-corrected chi connectivity index (χ2v) is 14.0. The molecule has 53 heavy (non-hydrogen) atoms. The van der Waals surface area contributed by atoms with E-state index in [2.05, 4.69) is 160 Å². The van der Waals surface area contributed by atoms with Gasteiger partial charge < -0.3 is 9.80 Å². The third-order valence-electron chi connectivity index (χ3n) is 11.0. The third kappa shape index (κ3) is 5.09. The maximum absolute atomic E-state index is 9.49. The van der Waals surface area contributed by atoms with Crippen molar-refractivity contribution in [1.29, 1.82) is 5.26 Å². The lowest BCUT2D eigenvalue weighted by Gasteiger charge is -2.34. The molecule has 1 saturated carbocycles. The number of nitrogens with zero attached hydrogens (tertiary/aromatic N) is 4. The standard InChI is InChI=1S/C49H34N4/c50-32-34-16-20-39(21-17-34)52(37-10-3-1-4-11-37)41-24-25-42-43-14-7-15-44-47(27-26-45(48(43)44)49(28-29-49)46(42)31-41)53(38-12-5-2-6-13-38)40-22-18-35(19-23-40)36-9-8-30-51-33-36/h1-27,30-31,33H,28-29H2. The van der Waals surface area contributed by atoms with E-state index in [0.717, 1.165) is 58.1 Å². The van der Waals surface area contributed by atoms with Crippen molar-refractivity contribution < 1.29 is 0 Å². The zero-order valence-electron chi connectivity index (χ0n) is 29.0. The van der Waals surface area contributed by atoms with Gasteiger partial charge in [-0.2, -0.15) is 5.26 Å². The smallest absolute Gasteiger partial charge is 0.0991 e. The van der Waals surface area contributed by atoms with Crippen LogP contribution >= 0.6 is 0 Å². The van der Waals surface area contributed by atoms with Crippen molar-refractivity contribution in [2.75, 3.05) is 9.80 Å². The Kier molecular flexibility index (Phi) is 7.19. The molecule has 1 heterocycles. The molecule has 1 fully saturated rings. The number of nitriles is 1. The van der Waals surface area contributed by atoms with E-state index in [1.165, 1.54) is 33.0 Å². The lowest BCUT2D eigenvalue weighted by molar-refractivity contribution is 0.853. The summed E-state index contributed by atoms with van der Waals surface area (Å²) in [5.41, 5.74) is 14.9. The average molecular weight is 679 g/mol. The first-order valence-corrected chi connectivity index (χ1v) is 18.1. The van der Waals surface area contributed by atoms with E-state index >= 15 is 0 Å². The molecule has 2 aliphatic carbocycles.